The van der Waals surface area contributed by atoms with Gasteiger partial charge in [-0.2, -0.15) is 18.3 Å². The molecule has 1 amide bonds. The van der Waals surface area contributed by atoms with Gasteiger partial charge in [0.2, 0.25) is 0 Å². The summed E-state index contributed by atoms with van der Waals surface area (Å²) in [7, 11) is 0. The van der Waals surface area contributed by atoms with E-state index in [1.165, 1.54) is 17.3 Å². The summed E-state index contributed by atoms with van der Waals surface area (Å²) in [5.74, 6) is -2.05. The van der Waals surface area contributed by atoms with E-state index in [4.69, 9.17) is 0 Å². The SMILES string of the molecule is CC(C)(C)c1nc(NC(=O)C(F)(F)F)sc1-n1cncn1. The molecule has 0 bridgehead atoms. The van der Waals surface area contributed by atoms with Crippen LogP contribution in [-0.2, 0) is 10.2 Å². The molecule has 0 aromatic carbocycles. The number of aromatic nitrogens is 4. The highest BCUT2D eigenvalue weighted by molar-refractivity contribution is 7.18. The lowest BCUT2D eigenvalue weighted by Crippen LogP contribution is -2.29. The van der Waals surface area contributed by atoms with Gasteiger partial charge in [-0.05, 0) is 0 Å². The lowest BCUT2D eigenvalue weighted by molar-refractivity contribution is -0.167. The molecule has 0 aliphatic rings. The van der Waals surface area contributed by atoms with Crippen molar-refractivity contribution in [2.45, 2.75) is 32.4 Å². The van der Waals surface area contributed by atoms with E-state index in [-0.39, 0.29) is 5.13 Å². The van der Waals surface area contributed by atoms with Gasteiger partial charge in [-0.3, -0.25) is 10.1 Å². The minimum Gasteiger partial charge on any atom is -0.294 e. The third-order valence-corrected chi connectivity index (χ3v) is 3.38. The first kappa shape index (κ1) is 15.4. The van der Waals surface area contributed by atoms with Crippen molar-refractivity contribution < 1.29 is 18.0 Å². The van der Waals surface area contributed by atoms with Crippen LogP contribution in [0.2, 0.25) is 0 Å². The van der Waals surface area contributed by atoms with Gasteiger partial charge in [-0.25, -0.2) is 14.6 Å². The molecule has 6 nitrogen and oxygen atoms in total. The Bertz CT molecular complexity index is 642. The fraction of sp³-hybridized carbons (Fsp3) is 0.455. The fourth-order valence-electron chi connectivity index (χ4n) is 1.49. The number of amides is 1. The fourth-order valence-corrected chi connectivity index (χ4v) is 2.59. The average molecular weight is 319 g/mol. The minimum atomic E-state index is -4.96. The van der Waals surface area contributed by atoms with E-state index < -0.39 is 17.5 Å². The number of carbonyl (C=O) groups excluding carboxylic acids is 1. The van der Waals surface area contributed by atoms with E-state index in [0.717, 1.165) is 11.3 Å². The van der Waals surface area contributed by atoms with Crippen molar-refractivity contribution in [3.8, 4) is 5.00 Å². The van der Waals surface area contributed by atoms with Gasteiger partial charge in [0.1, 0.15) is 17.7 Å². The number of halogens is 3. The first-order valence-corrected chi connectivity index (χ1v) is 6.65. The van der Waals surface area contributed by atoms with Crippen molar-refractivity contribution in [1.29, 1.82) is 0 Å². The number of thiazole rings is 1. The van der Waals surface area contributed by atoms with Gasteiger partial charge in [-0.1, -0.05) is 32.1 Å². The predicted molar refractivity (Wildman–Crippen MR) is 70.4 cm³/mol. The number of rotatable bonds is 2. The summed E-state index contributed by atoms with van der Waals surface area (Å²) in [6.45, 7) is 5.58. The molecule has 21 heavy (non-hydrogen) atoms. The van der Waals surface area contributed by atoms with E-state index in [1.54, 1.807) is 5.32 Å². The van der Waals surface area contributed by atoms with E-state index in [9.17, 15) is 18.0 Å². The van der Waals surface area contributed by atoms with E-state index >= 15 is 0 Å². The summed E-state index contributed by atoms with van der Waals surface area (Å²) in [4.78, 5) is 18.9. The van der Waals surface area contributed by atoms with Crippen LogP contribution in [0.15, 0.2) is 12.7 Å². The van der Waals surface area contributed by atoms with Crippen molar-refractivity contribution in [3.05, 3.63) is 18.3 Å². The Labute approximate surface area is 122 Å². The largest absolute Gasteiger partial charge is 0.471 e. The third kappa shape index (κ3) is 3.38. The number of nitrogens with one attached hydrogen (secondary N) is 1. The second kappa shape index (κ2) is 5.10. The van der Waals surface area contributed by atoms with E-state index in [1.807, 2.05) is 20.8 Å². The maximum atomic E-state index is 12.3. The molecule has 0 spiro atoms. The van der Waals surface area contributed by atoms with Crippen LogP contribution >= 0.6 is 11.3 Å². The number of alkyl halides is 3. The molecule has 0 aliphatic heterocycles. The third-order valence-electron chi connectivity index (χ3n) is 2.42. The first-order valence-electron chi connectivity index (χ1n) is 5.83. The number of hydrogen-bond acceptors (Lipinski definition) is 5. The molecular weight excluding hydrogens is 307 g/mol. The first-order chi connectivity index (χ1) is 9.59. The van der Waals surface area contributed by atoms with Crippen LogP contribution in [0.3, 0.4) is 0 Å². The number of carbonyl (C=O) groups is 1. The summed E-state index contributed by atoms with van der Waals surface area (Å²) in [5.41, 5.74) is 0.0920. The Balaban J connectivity index is 2.40. The predicted octanol–water partition coefficient (Wildman–Crippen LogP) is 2.52. The Morgan fingerprint density at radius 3 is 2.48 bits per heavy atom. The second-order valence-corrected chi connectivity index (χ2v) is 6.19. The molecule has 0 atom stereocenters. The summed E-state index contributed by atoms with van der Waals surface area (Å²) >= 11 is 0.906. The van der Waals surface area contributed by atoms with Crippen LogP contribution in [0.25, 0.3) is 5.00 Å². The highest BCUT2D eigenvalue weighted by Gasteiger charge is 2.39. The van der Waals surface area contributed by atoms with Crippen LogP contribution in [0, 0.1) is 0 Å². The van der Waals surface area contributed by atoms with Crippen LogP contribution in [0.4, 0.5) is 18.3 Å². The summed E-state index contributed by atoms with van der Waals surface area (Å²) < 4.78 is 38.3. The Hall–Kier alpha value is -1.97. The lowest BCUT2D eigenvalue weighted by Gasteiger charge is -2.16. The highest BCUT2D eigenvalue weighted by atomic mass is 32.1. The molecule has 2 heterocycles. The molecule has 0 fully saturated rings. The maximum Gasteiger partial charge on any atom is 0.471 e. The number of hydrogen-bond donors (Lipinski definition) is 1. The van der Waals surface area contributed by atoms with Gasteiger partial charge in [0.25, 0.3) is 0 Å². The number of nitrogens with zero attached hydrogens (tertiary/aromatic N) is 4. The zero-order valence-corrected chi connectivity index (χ0v) is 12.2. The summed E-state index contributed by atoms with van der Waals surface area (Å²) in [5, 5.41) is 6.08. The second-order valence-electron chi connectivity index (χ2n) is 5.21. The van der Waals surface area contributed by atoms with Gasteiger partial charge in [-0.15, -0.1) is 0 Å². The van der Waals surface area contributed by atoms with Crippen LogP contribution < -0.4 is 5.32 Å². The van der Waals surface area contributed by atoms with Crippen LogP contribution in [0.5, 0.6) is 0 Å². The molecule has 2 aromatic heterocycles. The quantitative estimate of drug-likeness (QED) is 0.923. The molecule has 0 saturated carbocycles. The van der Waals surface area contributed by atoms with E-state index in [0.29, 0.717) is 10.7 Å². The molecule has 2 aromatic rings. The molecule has 0 saturated heterocycles. The normalized spacial score (nSPS) is 12.5. The van der Waals surface area contributed by atoms with Crippen LogP contribution in [-0.4, -0.2) is 31.8 Å². The lowest BCUT2D eigenvalue weighted by atomic mass is 9.92. The molecule has 0 aliphatic carbocycles. The van der Waals surface area contributed by atoms with Crippen molar-refractivity contribution in [3.63, 3.8) is 0 Å². The highest BCUT2D eigenvalue weighted by Crippen LogP contribution is 2.34. The van der Waals surface area contributed by atoms with Gasteiger partial charge in [0.15, 0.2) is 5.13 Å². The number of anilines is 1. The molecule has 10 heteroatoms. The standard InChI is InChI=1S/C11H12F3N5OS/c1-10(2,3)6-7(19-5-15-4-16-19)21-9(17-6)18-8(20)11(12,13)14/h4-5H,1-3H3,(H,17,18,20). The zero-order chi connectivity index (χ0) is 15.8. The topological polar surface area (TPSA) is 72.7 Å². The monoisotopic (exact) mass is 319 g/mol. The maximum absolute atomic E-state index is 12.3. The van der Waals surface area contributed by atoms with Gasteiger partial charge >= 0.3 is 12.1 Å². The van der Waals surface area contributed by atoms with Crippen molar-refractivity contribution >= 4 is 22.4 Å². The molecule has 0 unspecified atom stereocenters. The Kier molecular flexibility index (Phi) is 3.74. The van der Waals surface area contributed by atoms with Crippen molar-refractivity contribution in [2.75, 3.05) is 5.32 Å². The van der Waals surface area contributed by atoms with E-state index in [2.05, 4.69) is 15.1 Å². The molecule has 0 radical (unpaired) electrons. The smallest absolute Gasteiger partial charge is 0.294 e. The van der Waals surface area contributed by atoms with Crippen LogP contribution in [0.1, 0.15) is 26.5 Å². The Morgan fingerprint density at radius 1 is 1.33 bits per heavy atom. The van der Waals surface area contributed by atoms with Gasteiger partial charge < -0.3 is 0 Å². The minimum absolute atomic E-state index is 0.132. The van der Waals surface area contributed by atoms with Crippen molar-refractivity contribution in [2.24, 2.45) is 0 Å². The van der Waals surface area contributed by atoms with Gasteiger partial charge in [0, 0.05) is 5.41 Å². The Morgan fingerprint density at radius 2 is 2.00 bits per heavy atom. The van der Waals surface area contributed by atoms with Gasteiger partial charge in [0.05, 0.1) is 5.69 Å². The molecular formula is C11H12F3N5OS. The molecule has 1 N–H and O–H groups in total. The van der Waals surface area contributed by atoms with Crippen molar-refractivity contribution in [1.82, 2.24) is 19.7 Å². The summed E-state index contributed by atoms with van der Waals surface area (Å²) in [6, 6.07) is 0. The molecule has 2 rings (SSSR count). The zero-order valence-electron chi connectivity index (χ0n) is 11.4. The average Bonchev–Trinajstić information content (AvgIpc) is 2.93. The summed E-state index contributed by atoms with van der Waals surface area (Å²) in [6.07, 6.45) is -2.24. The molecule has 114 valence electrons.